The molecule has 1 N–H and O–H groups in total. The Balaban J connectivity index is 1.61. The van der Waals surface area contributed by atoms with Gasteiger partial charge in [-0.1, -0.05) is 48.7 Å². The zero-order valence-electron chi connectivity index (χ0n) is 16.7. The number of hydrogen-bond acceptors (Lipinski definition) is 2. The number of carbonyl (C=O) groups is 2. The normalized spacial score (nSPS) is 23.9. The highest BCUT2D eigenvalue weighted by molar-refractivity contribution is 6.02. The van der Waals surface area contributed by atoms with Gasteiger partial charge in [0, 0.05) is 17.3 Å². The van der Waals surface area contributed by atoms with E-state index in [1.54, 1.807) is 0 Å². The summed E-state index contributed by atoms with van der Waals surface area (Å²) >= 11 is 0. The molecular formula is C24H28N2O2. The largest absolute Gasteiger partial charge is 0.324 e. The van der Waals surface area contributed by atoms with Gasteiger partial charge in [0.15, 0.2) is 0 Å². The fourth-order valence-corrected chi connectivity index (χ4v) is 4.89. The van der Waals surface area contributed by atoms with Gasteiger partial charge in [0.25, 0.3) is 5.91 Å². The first kappa shape index (κ1) is 18.7. The van der Waals surface area contributed by atoms with Crippen LogP contribution in [-0.2, 0) is 4.79 Å². The van der Waals surface area contributed by atoms with Crippen molar-refractivity contribution in [2.45, 2.75) is 58.0 Å². The van der Waals surface area contributed by atoms with E-state index in [-0.39, 0.29) is 17.9 Å². The van der Waals surface area contributed by atoms with E-state index in [9.17, 15) is 9.59 Å². The van der Waals surface area contributed by atoms with Gasteiger partial charge in [-0.15, -0.1) is 0 Å². The van der Waals surface area contributed by atoms with E-state index < -0.39 is 6.04 Å². The maximum absolute atomic E-state index is 13.3. The highest BCUT2D eigenvalue weighted by Gasteiger charge is 2.47. The first-order chi connectivity index (χ1) is 13.5. The molecule has 1 saturated carbocycles. The first-order valence-corrected chi connectivity index (χ1v) is 10.3. The fourth-order valence-electron chi connectivity index (χ4n) is 4.89. The van der Waals surface area contributed by atoms with Crippen molar-refractivity contribution in [3.8, 4) is 0 Å². The molecule has 4 heteroatoms. The number of amides is 2. The highest BCUT2D eigenvalue weighted by Crippen LogP contribution is 2.41. The molecule has 1 heterocycles. The van der Waals surface area contributed by atoms with Gasteiger partial charge >= 0.3 is 0 Å². The fraction of sp³-hybridized carbons (Fsp3) is 0.417. The lowest BCUT2D eigenvalue weighted by Crippen LogP contribution is -2.47. The number of carbonyl (C=O) groups excluding carboxylic acids is 2. The van der Waals surface area contributed by atoms with E-state index in [1.165, 1.54) is 12.0 Å². The van der Waals surface area contributed by atoms with E-state index in [0.29, 0.717) is 11.5 Å². The lowest BCUT2D eigenvalue weighted by atomic mass is 9.84. The molecule has 2 aromatic rings. The van der Waals surface area contributed by atoms with Crippen LogP contribution >= 0.6 is 0 Å². The van der Waals surface area contributed by atoms with Crippen molar-refractivity contribution in [2.24, 2.45) is 5.92 Å². The molecule has 0 radical (unpaired) electrons. The number of hydrogen-bond donors (Lipinski definition) is 1. The second-order valence-electron chi connectivity index (χ2n) is 8.25. The minimum atomic E-state index is -0.401. The summed E-state index contributed by atoms with van der Waals surface area (Å²) in [6.07, 6.45) is 5.19. The van der Waals surface area contributed by atoms with Crippen LogP contribution in [0.25, 0.3) is 0 Å². The van der Waals surface area contributed by atoms with Gasteiger partial charge in [-0.25, -0.2) is 0 Å². The van der Waals surface area contributed by atoms with Crippen LogP contribution < -0.4 is 5.32 Å². The minimum Gasteiger partial charge on any atom is -0.324 e. The highest BCUT2D eigenvalue weighted by atomic mass is 16.2. The third-order valence-corrected chi connectivity index (χ3v) is 6.29. The van der Waals surface area contributed by atoms with Crippen molar-refractivity contribution < 1.29 is 9.59 Å². The smallest absolute Gasteiger partial charge is 0.254 e. The monoisotopic (exact) mass is 376 g/mol. The van der Waals surface area contributed by atoms with E-state index in [0.717, 1.165) is 36.9 Å². The number of rotatable bonds is 3. The van der Waals surface area contributed by atoms with E-state index in [2.05, 4.69) is 11.4 Å². The van der Waals surface area contributed by atoms with Crippen LogP contribution in [0.5, 0.6) is 0 Å². The van der Waals surface area contributed by atoms with Crippen molar-refractivity contribution in [3.05, 3.63) is 65.2 Å². The summed E-state index contributed by atoms with van der Waals surface area (Å²) < 4.78 is 0. The van der Waals surface area contributed by atoms with Crippen LogP contribution in [0.15, 0.2) is 48.5 Å². The molecule has 3 atom stereocenters. The van der Waals surface area contributed by atoms with Crippen LogP contribution in [0.3, 0.4) is 0 Å². The maximum Gasteiger partial charge on any atom is 0.254 e. The second kappa shape index (κ2) is 7.78. The quantitative estimate of drug-likeness (QED) is 0.843. The van der Waals surface area contributed by atoms with Gasteiger partial charge in [-0.05, 0) is 62.8 Å². The number of nitrogens with zero attached hydrogens (tertiary/aromatic N) is 1. The Morgan fingerprint density at radius 2 is 1.75 bits per heavy atom. The summed E-state index contributed by atoms with van der Waals surface area (Å²) in [5.41, 5.74) is 3.71. The van der Waals surface area contributed by atoms with Gasteiger partial charge in [0.2, 0.25) is 5.91 Å². The lowest BCUT2D eigenvalue weighted by Gasteiger charge is -2.33. The van der Waals surface area contributed by atoms with E-state index in [1.807, 2.05) is 61.2 Å². The van der Waals surface area contributed by atoms with Crippen LogP contribution in [0.2, 0.25) is 0 Å². The van der Waals surface area contributed by atoms with Crippen molar-refractivity contribution in [2.75, 3.05) is 5.32 Å². The first-order valence-electron chi connectivity index (χ1n) is 10.3. The molecule has 4 rings (SSSR count). The molecule has 1 saturated heterocycles. The molecule has 2 aliphatic rings. The number of benzene rings is 2. The Morgan fingerprint density at radius 1 is 1.00 bits per heavy atom. The SMILES string of the molecule is Cc1ccc(NC(=O)C2CC3CCCCC3N2C(=O)c2ccccc2)c(C)c1. The summed E-state index contributed by atoms with van der Waals surface area (Å²) in [7, 11) is 0. The summed E-state index contributed by atoms with van der Waals surface area (Å²) in [4.78, 5) is 28.5. The Kier molecular flexibility index (Phi) is 5.21. The average molecular weight is 377 g/mol. The maximum atomic E-state index is 13.3. The van der Waals surface area contributed by atoms with Crippen LogP contribution in [0.4, 0.5) is 5.69 Å². The van der Waals surface area contributed by atoms with Crippen molar-refractivity contribution in [3.63, 3.8) is 0 Å². The van der Waals surface area contributed by atoms with Gasteiger partial charge < -0.3 is 10.2 Å². The number of aryl methyl sites for hydroxylation is 2. The molecule has 0 bridgehead atoms. The molecule has 28 heavy (non-hydrogen) atoms. The summed E-state index contributed by atoms with van der Waals surface area (Å²) in [6, 6.07) is 15.2. The molecule has 3 unspecified atom stereocenters. The zero-order chi connectivity index (χ0) is 19.7. The van der Waals surface area contributed by atoms with Crippen LogP contribution in [0, 0.1) is 19.8 Å². The number of nitrogens with one attached hydrogen (secondary N) is 1. The molecule has 2 aromatic carbocycles. The number of likely N-dealkylation sites (tertiary alicyclic amines) is 1. The van der Waals surface area contributed by atoms with Crippen molar-refractivity contribution in [1.82, 2.24) is 4.90 Å². The third kappa shape index (κ3) is 3.56. The molecule has 1 aliphatic heterocycles. The third-order valence-electron chi connectivity index (χ3n) is 6.29. The molecule has 2 fully saturated rings. The zero-order valence-corrected chi connectivity index (χ0v) is 16.7. The standard InChI is InChI=1S/C24H28N2O2/c1-16-12-13-20(17(2)14-16)25-23(27)22-15-19-10-6-7-11-21(19)26(22)24(28)18-8-4-3-5-9-18/h3-5,8-9,12-14,19,21-22H,6-7,10-11,15H2,1-2H3,(H,25,27). The molecule has 0 spiro atoms. The van der Waals surface area contributed by atoms with Crippen LogP contribution in [0.1, 0.15) is 53.6 Å². The average Bonchev–Trinajstić information content (AvgIpc) is 3.10. The van der Waals surface area contributed by atoms with Crippen molar-refractivity contribution in [1.29, 1.82) is 0 Å². The Bertz CT molecular complexity index is 877. The predicted molar refractivity (Wildman–Crippen MR) is 111 cm³/mol. The number of fused-ring (bicyclic) bond motifs is 1. The van der Waals surface area contributed by atoms with E-state index >= 15 is 0 Å². The predicted octanol–water partition coefficient (Wildman–Crippen LogP) is 4.72. The Morgan fingerprint density at radius 3 is 2.50 bits per heavy atom. The molecule has 0 aromatic heterocycles. The number of anilines is 1. The molecule has 1 aliphatic carbocycles. The van der Waals surface area contributed by atoms with Crippen LogP contribution in [-0.4, -0.2) is 28.8 Å². The lowest BCUT2D eigenvalue weighted by molar-refractivity contribution is -0.120. The topological polar surface area (TPSA) is 49.4 Å². The summed E-state index contributed by atoms with van der Waals surface area (Å²) in [5, 5.41) is 3.09. The molecule has 146 valence electrons. The van der Waals surface area contributed by atoms with Gasteiger partial charge in [-0.3, -0.25) is 9.59 Å². The Hall–Kier alpha value is -2.62. The summed E-state index contributed by atoms with van der Waals surface area (Å²) in [5.74, 6) is 0.345. The van der Waals surface area contributed by atoms with Gasteiger partial charge in [0.05, 0.1) is 0 Å². The Labute approximate surface area is 166 Å². The molecule has 2 amide bonds. The molecular weight excluding hydrogens is 348 g/mol. The van der Waals surface area contributed by atoms with Gasteiger partial charge in [-0.2, -0.15) is 0 Å². The second-order valence-corrected chi connectivity index (χ2v) is 8.25. The summed E-state index contributed by atoms with van der Waals surface area (Å²) in [6.45, 7) is 4.05. The van der Waals surface area contributed by atoms with Crippen molar-refractivity contribution >= 4 is 17.5 Å². The van der Waals surface area contributed by atoms with E-state index in [4.69, 9.17) is 0 Å². The minimum absolute atomic E-state index is 0.0178. The van der Waals surface area contributed by atoms with Gasteiger partial charge in [0.1, 0.15) is 6.04 Å². The molecule has 4 nitrogen and oxygen atoms in total.